The summed E-state index contributed by atoms with van der Waals surface area (Å²) in [4.78, 5) is 21.9. The minimum Gasteiger partial charge on any atom is -0.367 e. The molecule has 2 fully saturated rings. The Morgan fingerprint density at radius 2 is 1.74 bits per heavy atom. The lowest BCUT2D eigenvalue weighted by atomic mass is 9.97. The van der Waals surface area contributed by atoms with Crippen LogP contribution in [0.1, 0.15) is 12.8 Å². The van der Waals surface area contributed by atoms with Gasteiger partial charge < -0.3 is 9.80 Å². The van der Waals surface area contributed by atoms with Crippen LogP contribution in [-0.2, 0) is 14.8 Å². The van der Waals surface area contributed by atoms with Crippen LogP contribution in [0.25, 0.3) is 10.9 Å². The lowest BCUT2D eigenvalue weighted by Crippen LogP contribution is -2.53. The average molecular weight is 517 g/mol. The van der Waals surface area contributed by atoms with Gasteiger partial charge in [-0.25, -0.2) is 12.8 Å². The molecule has 1 unspecified atom stereocenters. The van der Waals surface area contributed by atoms with Gasteiger partial charge in [-0.2, -0.15) is 4.31 Å². The van der Waals surface area contributed by atoms with Gasteiger partial charge in [0.1, 0.15) is 5.82 Å². The van der Waals surface area contributed by atoms with E-state index >= 15 is 0 Å². The number of carbonyl (C=O) groups excluding carboxylic acids is 1. The summed E-state index contributed by atoms with van der Waals surface area (Å²) in [7, 11) is -3.77. The number of fused-ring (bicyclic) bond motifs is 1. The highest BCUT2D eigenvalue weighted by Gasteiger charge is 2.36. The number of pyridine rings is 1. The fourth-order valence-electron chi connectivity index (χ4n) is 4.93. The lowest BCUT2D eigenvalue weighted by Gasteiger charge is -2.39. The number of sulfonamides is 1. The molecule has 2 saturated heterocycles. The number of anilines is 1. The predicted molar refractivity (Wildman–Crippen MR) is 133 cm³/mol. The molecule has 1 atom stereocenters. The Hall–Kier alpha value is -2.75. The molecule has 0 aliphatic carbocycles. The number of piperazine rings is 1. The van der Waals surface area contributed by atoms with Gasteiger partial charge >= 0.3 is 0 Å². The third kappa shape index (κ3) is 4.85. The van der Waals surface area contributed by atoms with Gasteiger partial charge in [0.2, 0.25) is 15.9 Å². The van der Waals surface area contributed by atoms with Crippen LogP contribution in [0, 0.1) is 11.7 Å². The minimum atomic E-state index is -3.77. The Morgan fingerprint density at radius 1 is 1.00 bits per heavy atom. The fourth-order valence-corrected chi connectivity index (χ4v) is 6.62. The maximum absolute atomic E-state index is 13.3. The van der Waals surface area contributed by atoms with Crippen LogP contribution in [0.4, 0.5) is 10.1 Å². The highest BCUT2D eigenvalue weighted by Crippen LogP contribution is 2.29. The van der Waals surface area contributed by atoms with Gasteiger partial charge in [0, 0.05) is 61.6 Å². The van der Waals surface area contributed by atoms with Crippen molar-refractivity contribution >= 4 is 44.1 Å². The van der Waals surface area contributed by atoms with E-state index in [1.165, 1.54) is 16.4 Å². The number of amides is 1. The van der Waals surface area contributed by atoms with Gasteiger partial charge in [-0.3, -0.25) is 9.78 Å². The van der Waals surface area contributed by atoms with E-state index in [0.29, 0.717) is 50.6 Å². The molecular formula is C25H26ClFN4O3S. The van der Waals surface area contributed by atoms with Gasteiger partial charge in [0.05, 0.1) is 16.3 Å². The molecule has 7 nitrogen and oxygen atoms in total. The summed E-state index contributed by atoms with van der Waals surface area (Å²) < 4.78 is 40.7. The van der Waals surface area contributed by atoms with Gasteiger partial charge in [0.15, 0.2) is 0 Å². The normalized spacial score (nSPS) is 19.8. The second-order valence-corrected chi connectivity index (χ2v) is 11.3. The fraction of sp³-hybridized carbons (Fsp3) is 0.360. The van der Waals surface area contributed by atoms with Gasteiger partial charge in [0.25, 0.3) is 0 Å². The van der Waals surface area contributed by atoms with E-state index in [9.17, 15) is 17.6 Å². The summed E-state index contributed by atoms with van der Waals surface area (Å²) in [5.41, 5.74) is 1.89. The SMILES string of the molecule is O=C(C1CCCN(S(=O)(=O)c2ccc(F)cc2)C1)N1CCN(c2ccnc3cc(Cl)ccc23)CC1. The van der Waals surface area contributed by atoms with Crippen LogP contribution in [0.15, 0.2) is 59.6 Å². The van der Waals surface area contributed by atoms with Crippen LogP contribution in [0.5, 0.6) is 0 Å². The van der Waals surface area contributed by atoms with Crippen LogP contribution >= 0.6 is 11.6 Å². The third-order valence-corrected chi connectivity index (χ3v) is 8.91. The van der Waals surface area contributed by atoms with Gasteiger partial charge in [-0.1, -0.05) is 11.6 Å². The number of hydrogen-bond donors (Lipinski definition) is 0. The summed E-state index contributed by atoms with van der Waals surface area (Å²) >= 11 is 6.11. The van der Waals surface area contributed by atoms with Crippen molar-refractivity contribution in [2.45, 2.75) is 17.7 Å². The summed E-state index contributed by atoms with van der Waals surface area (Å²) in [5, 5.41) is 1.66. The maximum Gasteiger partial charge on any atom is 0.243 e. The van der Waals surface area contributed by atoms with Crippen molar-refractivity contribution in [2.75, 3.05) is 44.2 Å². The van der Waals surface area contributed by atoms with Crippen molar-refractivity contribution in [1.82, 2.24) is 14.2 Å². The minimum absolute atomic E-state index is 0.00461. The Kier molecular flexibility index (Phi) is 6.65. The zero-order chi connectivity index (χ0) is 24.6. The number of carbonyl (C=O) groups is 1. The molecule has 2 aliphatic rings. The first-order valence-electron chi connectivity index (χ1n) is 11.7. The number of rotatable bonds is 4. The topological polar surface area (TPSA) is 73.8 Å². The molecule has 2 aromatic carbocycles. The van der Waals surface area contributed by atoms with E-state index in [-0.39, 0.29) is 23.3 Å². The summed E-state index contributed by atoms with van der Waals surface area (Å²) in [6, 6.07) is 12.5. The van der Waals surface area contributed by atoms with Crippen LogP contribution in [0.2, 0.25) is 5.02 Å². The molecule has 2 aliphatic heterocycles. The standard InChI is InChI=1S/C25H26ClFN4O3S/c26-19-3-8-22-23(16-19)28-10-9-24(22)29-12-14-30(15-13-29)25(32)18-2-1-11-31(17-18)35(33,34)21-6-4-20(27)5-7-21/h3-10,16,18H,1-2,11-15,17H2. The number of hydrogen-bond acceptors (Lipinski definition) is 5. The largest absolute Gasteiger partial charge is 0.367 e. The second kappa shape index (κ2) is 9.72. The zero-order valence-corrected chi connectivity index (χ0v) is 20.7. The van der Waals surface area contributed by atoms with Gasteiger partial charge in [-0.15, -0.1) is 0 Å². The smallest absolute Gasteiger partial charge is 0.243 e. The Bertz CT molecular complexity index is 1340. The molecule has 1 aromatic heterocycles. The van der Waals surface area contributed by atoms with Crippen molar-refractivity contribution in [3.63, 3.8) is 0 Å². The number of benzene rings is 2. The highest BCUT2D eigenvalue weighted by molar-refractivity contribution is 7.89. The molecule has 3 heterocycles. The average Bonchev–Trinajstić information content (AvgIpc) is 2.88. The molecule has 3 aromatic rings. The molecule has 10 heteroatoms. The summed E-state index contributed by atoms with van der Waals surface area (Å²) in [5.74, 6) is -0.872. The van der Waals surface area contributed by atoms with Crippen molar-refractivity contribution in [3.8, 4) is 0 Å². The first kappa shape index (κ1) is 24.0. The monoisotopic (exact) mass is 516 g/mol. The maximum atomic E-state index is 13.3. The van der Waals surface area contributed by atoms with E-state index in [4.69, 9.17) is 11.6 Å². The number of aromatic nitrogens is 1. The van der Waals surface area contributed by atoms with Crippen LogP contribution in [-0.4, -0.2) is 67.8 Å². The van der Waals surface area contributed by atoms with Crippen molar-refractivity contribution < 1.29 is 17.6 Å². The number of halogens is 2. The first-order chi connectivity index (χ1) is 16.8. The molecule has 0 spiro atoms. The van der Waals surface area contributed by atoms with Crippen LogP contribution in [0.3, 0.4) is 0 Å². The molecule has 0 N–H and O–H groups in total. The third-order valence-electron chi connectivity index (χ3n) is 6.80. The summed E-state index contributed by atoms with van der Waals surface area (Å²) in [6.45, 7) is 3.00. The molecule has 5 rings (SSSR count). The number of nitrogens with zero attached hydrogens (tertiary/aromatic N) is 4. The van der Waals surface area contributed by atoms with Crippen molar-refractivity contribution in [2.24, 2.45) is 5.92 Å². The highest BCUT2D eigenvalue weighted by atomic mass is 35.5. The molecule has 0 radical (unpaired) electrons. The molecule has 35 heavy (non-hydrogen) atoms. The van der Waals surface area contributed by atoms with E-state index in [2.05, 4.69) is 9.88 Å². The van der Waals surface area contributed by atoms with E-state index in [1.807, 2.05) is 29.2 Å². The van der Waals surface area contributed by atoms with Crippen LogP contribution < -0.4 is 4.90 Å². The van der Waals surface area contributed by atoms with E-state index in [1.54, 1.807) is 6.20 Å². The summed E-state index contributed by atoms with van der Waals surface area (Å²) in [6.07, 6.45) is 3.04. The first-order valence-corrected chi connectivity index (χ1v) is 13.5. The molecule has 1 amide bonds. The zero-order valence-electron chi connectivity index (χ0n) is 19.1. The predicted octanol–water partition coefficient (Wildman–Crippen LogP) is 3.78. The molecular weight excluding hydrogens is 491 g/mol. The van der Waals surface area contributed by atoms with Crippen molar-refractivity contribution in [1.29, 1.82) is 0 Å². The van der Waals surface area contributed by atoms with E-state index < -0.39 is 15.8 Å². The molecule has 0 bridgehead atoms. The van der Waals surface area contributed by atoms with Crippen molar-refractivity contribution in [3.05, 3.63) is 65.6 Å². The second-order valence-electron chi connectivity index (χ2n) is 8.96. The Morgan fingerprint density at radius 3 is 2.49 bits per heavy atom. The molecule has 184 valence electrons. The quantitative estimate of drug-likeness (QED) is 0.527. The van der Waals surface area contributed by atoms with Gasteiger partial charge in [-0.05, 0) is 61.4 Å². The number of piperidine rings is 1. The van der Waals surface area contributed by atoms with E-state index in [0.717, 1.165) is 28.7 Å². The Balaban J connectivity index is 1.24. The Labute approximate surface area is 209 Å². The molecule has 0 saturated carbocycles. The lowest BCUT2D eigenvalue weighted by molar-refractivity contribution is -0.137.